The third-order valence-electron chi connectivity index (χ3n) is 4.77. The second-order valence-electron chi connectivity index (χ2n) is 6.07. The Labute approximate surface area is 96.3 Å². The van der Waals surface area contributed by atoms with E-state index in [1.807, 2.05) is 0 Å². The molecule has 2 atom stereocenters. The molecule has 86 valence electrons. The molecule has 1 saturated carbocycles. The van der Waals surface area contributed by atoms with E-state index in [0.29, 0.717) is 0 Å². The highest BCUT2D eigenvalue weighted by atomic mass is 14.3. The first-order valence-corrected chi connectivity index (χ1v) is 7.38. The van der Waals surface area contributed by atoms with Crippen molar-refractivity contribution >= 4 is 6.71 Å². The van der Waals surface area contributed by atoms with Crippen molar-refractivity contribution in [1.82, 2.24) is 0 Å². The molecule has 0 N–H and O–H groups in total. The molecule has 0 aromatic heterocycles. The molecule has 0 aromatic carbocycles. The van der Waals surface area contributed by atoms with Crippen LogP contribution in [-0.4, -0.2) is 6.71 Å². The summed E-state index contributed by atoms with van der Waals surface area (Å²) in [4.78, 5) is 0. The van der Waals surface area contributed by atoms with Crippen LogP contribution in [0.25, 0.3) is 0 Å². The first-order valence-electron chi connectivity index (χ1n) is 7.38. The fourth-order valence-corrected chi connectivity index (χ4v) is 3.84. The molecule has 0 aromatic rings. The van der Waals surface area contributed by atoms with Crippen LogP contribution in [0, 0.1) is 11.8 Å². The summed E-state index contributed by atoms with van der Waals surface area (Å²) in [5, 5.41) is 0. The summed E-state index contributed by atoms with van der Waals surface area (Å²) in [6.45, 7) is 3.42. The molecule has 0 spiro atoms. The van der Waals surface area contributed by atoms with E-state index in [2.05, 4.69) is 6.92 Å². The largest absolute Gasteiger partial charge is 0.140 e. The molecule has 1 heteroatoms. The second kappa shape index (κ2) is 5.96. The van der Waals surface area contributed by atoms with E-state index >= 15 is 0 Å². The van der Waals surface area contributed by atoms with Gasteiger partial charge in [-0.1, -0.05) is 70.8 Å². The smallest absolute Gasteiger partial charge is 0.0741 e. The Morgan fingerprint density at radius 1 is 1.00 bits per heavy atom. The normalized spacial score (nSPS) is 30.6. The molecule has 2 aliphatic rings. The molecule has 0 radical (unpaired) electrons. The van der Waals surface area contributed by atoms with Gasteiger partial charge in [0.2, 0.25) is 0 Å². The van der Waals surface area contributed by atoms with Gasteiger partial charge in [-0.25, -0.2) is 0 Å². The first kappa shape index (κ1) is 11.5. The van der Waals surface area contributed by atoms with Crippen molar-refractivity contribution in [2.24, 2.45) is 11.8 Å². The second-order valence-corrected chi connectivity index (χ2v) is 6.07. The van der Waals surface area contributed by atoms with Gasteiger partial charge < -0.3 is 0 Å². The van der Waals surface area contributed by atoms with Crippen LogP contribution in [0.4, 0.5) is 0 Å². The minimum Gasteiger partial charge on any atom is -0.0741 e. The Balaban J connectivity index is 1.65. The summed E-state index contributed by atoms with van der Waals surface area (Å²) < 4.78 is 0. The minimum absolute atomic E-state index is 1.11. The molecular weight excluding hydrogens is 179 g/mol. The predicted octanol–water partition coefficient (Wildman–Crippen LogP) is 4.88. The van der Waals surface area contributed by atoms with E-state index < -0.39 is 0 Å². The van der Waals surface area contributed by atoms with Gasteiger partial charge in [0.05, 0.1) is 0 Å². The number of hydrogen-bond acceptors (Lipinski definition) is 0. The van der Waals surface area contributed by atoms with E-state index in [-0.39, 0.29) is 0 Å². The average Bonchev–Trinajstić information content (AvgIpc) is 2.56. The zero-order valence-electron chi connectivity index (χ0n) is 10.5. The molecule has 0 nitrogen and oxygen atoms in total. The van der Waals surface area contributed by atoms with Crippen LogP contribution in [0.1, 0.15) is 58.3 Å². The summed E-state index contributed by atoms with van der Waals surface area (Å²) >= 11 is 0. The fourth-order valence-electron chi connectivity index (χ4n) is 3.84. The van der Waals surface area contributed by atoms with Crippen molar-refractivity contribution in [2.45, 2.75) is 77.3 Å². The van der Waals surface area contributed by atoms with Crippen molar-refractivity contribution in [2.75, 3.05) is 0 Å². The van der Waals surface area contributed by atoms with Gasteiger partial charge in [-0.15, -0.1) is 0 Å². The lowest BCUT2D eigenvalue weighted by Crippen LogP contribution is -2.15. The zero-order valence-corrected chi connectivity index (χ0v) is 10.5. The lowest BCUT2D eigenvalue weighted by Gasteiger charge is -2.16. The van der Waals surface area contributed by atoms with Crippen molar-refractivity contribution in [3.8, 4) is 0 Å². The van der Waals surface area contributed by atoms with Crippen molar-refractivity contribution in [3.05, 3.63) is 0 Å². The van der Waals surface area contributed by atoms with Crippen molar-refractivity contribution in [1.29, 1.82) is 0 Å². The maximum atomic E-state index is 2.31. The Kier molecular flexibility index (Phi) is 4.59. The molecule has 1 aliphatic carbocycles. The van der Waals surface area contributed by atoms with Crippen LogP contribution in [-0.2, 0) is 0 Å². The van der Waals surface area contributed by atoms with Gasteiger partial charge in [0, 0.05) is 0 Å². The van der Waals surface area contributed by atoms with E-state index in [1.165, 1.54) is 25.7 Å². The average molecular weight is 206 g/mol. The molecule has 1 saturated heterocycles. The molecule has 1 aliphatic heterocycles. The summed E-state index contributed by atoms with van der Waals surface area (Å²) in [7, 11) is 0. The standard InChI is InChI=1S/C14H27B/c1-2-3-4-5-9-15-10-8-13-6-7-14(11-13)12-15/h13-14H,2-12H2,1H3. The number of rotatable bonds is 5. The summed E-state index contributed by atoms with van der Waals surface area (Å²) in [5.41, 5.74) is 0. The quantitative estimate of drug-likeness (QED) is 0.444. The Morgan fingerprint density at radius 2 is 1.87 bits per heavy atom. The number of hydrogen-bond donors (Lipinski definition) is 0. The number of fused-ring (bicyclic) bond motifs is 2. The lowest BCUT2D eigenvalue weighted by molar-refractivity contribution is 0.513. The Hall–Kier alpha value is 0.0649. The molecule has 1 heterocycles. The van der Waals surface area contributed by atoms with Crippen molar-refractivity contribution in [3.63, 3.8) is 0 Å². The van der Waals surface area contributed by atoms with Crippen LogP contribution in [0.3, 0.4) is 0 Å². The first-order chi connectivity index (χ1) is 7.38. The van der Waals surface area contributed by atoms with Crippen LogP contribution in [0.2, 0.25) is 19.0 Å². The van der Waals surface area contributed by atoms with Gasteiger partial charge in [0.25, 0.3) is 0 Å². The topological polar surface area (TPSA) is 0 Å². The van der Waals surface area contributed by atoms with Gasteiger partial charge in [-0.3, -0.25) is 0 Å². The molecule has 2 fully saturated rings. The maximum absolute atomic E-state index is 2.31. The van der Waals surface area contributed by atoms with E-state index in [4.69, 9.17) is 0 Å². The molecule has 15 heavy (non-hydrogen) atoms. The third-order valence-corrected chi connectivity index (χ3v) is 4.77. The van der Waals surface area contributed by atoms with Gasteiger partial charge in [-0.05, 0) is 18.3 Å². The molecular formula is C14H27B. The molecule has 2 unspecified atom stereocenters. The van der Waals surface area contributed by atoms with Crippen LogP contribution >= 0.6 is 0 Å². The Bertz CT molecular complexity index is 178. The van der Waals surface area contributed by atoms with Gasteiger partial charge in [-0.2, -0.15) is 0 Å². The van der Waals surface area contributed by atoms with Crippen LogP contribution < -0.4 is 0 Å². The van der Waals surface area contributed by atoms with Gasteiger partial charge >= 0.3 is 0 Å². The monoisotopic (exact) mass is 206 g/mol. The predicted molar refractivity (Wildman–Crippen MR) is 69.8 cm³/mol. The van der Waals surface area contributed by atoms with E-state index in [1.54, 1.807) is 44.6 Å². The van der Waals surface area contributed by atoms with Gasteiger partial charge in [0.1, 0.15) is 6.71 Å². The van der Waals surface area contributed by atoms with Crippen LogP contribution in [0.15, 0.2) is 0 Å². The fraction of sp³-hybridized carbons (Fsp3) is 1.00. The highest BCUT2D eigenvalue weighted by Gasteiger charge is 2.31. The van der Waals surface area contributed by atoms with Crippen LogP contribution in [0.5, 0.6) is 0 Å². The SMILES string of the molecule is CCCCCCB1CCC2CCC(C1)C2. The minimum atomic E-state index is 1.11. The Morgan fingerprint density at radius 3 is 2.73 bits per heavy atom. The number of unbranched alkanes of at least 4 members (excludes halogenated alkanes) is 3. The maximum Gasteiger partial charge on any atom is 0.140 e. The zero-order chi connectivity index (χ0) is 10.5. The van der Waals surface area contributed by atoms with Crippen molar-refractivity contribution < 1.29 is 0 Å². The summed E-state index contributed by atoms with van der Waals surface area (Å²) in [6, 6.07) is 0. The third kappa shape index (κ3) is 3.54. The highest BCUT2D eigenvalue weighted by molar-refractivity contribution is 6.58. The highest BCUT2D eigenvalue weighted by Crippen LogP contribution is 2.41. The molecule has 2 rings (SSSR count). The summed E-state index contributed by atoms with van der Waals surface area (Å²) in [5.74, 6) is 2.27. The molecule has 2 bridgehead atoms. The lowest BCUT2D eigenvalue weighted by atomic mass is 9.40. The van der Waals surface area contributed by atoms with E-state index in [0.717, 1.165) is 18.5 Å². The van der Waals surface area contributed by atoms with E-state index in [9.17, 15) is 0 Å². The van der Waals surface area contributed by atoms with Gasteiger partial charge in [0.15, 0.2) is 0 Å². The molecule has 0 amide bonds. The summed E-state index contributed by atoms with van der Waals surface area (Å²) in [6.07, 6.45) is 16.8.